The average molecular weight is 388 g/mol. The van der Waals surface area contributed by atoms with E-state index in [1.807, 2.05) is 24.3 Å². The lowest BCUT2D eigenvalue weighted by Gasteiger charge is -2.04. The molecule has 2 aromatic carbocycles. The lowest BCUT2D eigenvalue weighted by Crippen LogP contribution is -2.06. The van der Waals surface area contributed by atoms with Gasteiger partial charge in [-0.1, -0.05) is 25.5 Å². The molecule has 0 unspecified atom stereocenters. The molecule has 0 atom stereocenters. The molecule has 3 rings (SSSR count). The van der Waals surface area contributed by atoms with Crippen molar-refractivity contribution in [3.05, 3.63) is 46.4 Å². The topological polar surface area (TPSA) is 81.0 Å². The highest BCUT2D eigenvalue weighted by molar-refractivity contribution is 9.10. The fraction of sp³-hybridized carbons (Fsp3) is 0.222. The molecule has 5 nitrogen and oxygen atoms in total. The number of anilines is 1. The molecule has 0 saturated carbocycles. The van der Waals surface area contributed by atoms with Crippen molar-refractivity contribution in [1.29, 1.82) is 0 Å². The molecule has 0 bridgehead atoms. The monoisotopic (exact) mass is 387 g/mol. The SMILES string of the molecule is CCCCOC(=O)c1ccc(-c2nc3c(Br)c(N)ccc3[nH]2)cc1. The maximum atomic E-state index is 11.9. The van der Waals surface area contributed by atoms with Crippen LogP contribution in [-0.4, -0.2) is 22.5 Å². The normalized spacial score (nSPS) is 10.9. The van der Waals surface area contributed by atoms with Crippen molar-refractivity contribution in [1.82, 2.24) is 9.97 Å². The number of halogens is 1. The van der Waals surface area contributed by atoms with Gasteiger partial charge in [-0.3, -0.25) is 0 Å². The second-order valence-corrected chi connectivity index (χ2v) is 6.31. The largest absolute Gasteiger partial charge is 0.462 e. The number of nitrogens with two attached hydrogens (primary N) is 1. The Hall–Kier alpha value is -2.34. The summed E-state index contributed by atoms with van der Waals surface area (Å²) in [6, 6.07) is 10.9. The van der Waals surface area contributed by atoms with Gasteiger partial charge >= 0.3 is 5.97 Å². The fourth-order valence-corrected chi connectivity index (χ4v) is 2.79. The highest BCUT2D eigenvalue weighted by Crippen LogP contribution is 2.30. The molecule has 124 valence electrons. The number of aromatic amines is 1. The molecule has 0 radical (unpaired) electrons. The van der Waals surface area contributed by atoms with Crippen LogP contribution >= 0.6 is 15.9 Å². The van der Waals surface area contributed by atoms with Crippen LogP contribution in [0.2, 0.25) is 0 Å². The molecule has 0 aliphatic heterocycles. The van der Waals surface area contributed by atoms with Crippen molar-refractivity contribution in [2.45, 2.75) is 19.8 Å². The molecule has 0 fully saturated rings. The number of ether oxygens (including phenoxy) is 1. The van der Waals surface area contributed by atoms with E-state index in [1.54, 1.807) is 12.1 Å². The number of hydrogen-bond acceptors (Lipinski definition) is 4. The number of rotatable bonds is 5. The summed E-state index contributed by atoms with van der Waals surface area (Å²) in [6.45, 7) is 2.51. The van der Waals surface area contributed by atoms with Crippen LogP contribution < -0.4 is 5.73 Å². The molecule has 1 aromatic heterocycles. The number of carbonyl (C=O) groups is 1. The van der Waals surface area contributed by atoms with E-state index >= 15 is 0 Å². The van der Waals surface area contributed by atoms with E-state index in [9.17, 15) is 4.79 Å². The first kappa shape index (κ1) is 16.5. The fourth-order valence-electron chi connectivity index (χ4n) is 2.35. The molecule has 3 N–H and O–H groups in total. The van der Waals surface area contributed by atoms with Crippen molar-refractivity contribution >= 4 is 38.6 Å². The van der Waals surface area contributed by atoms with Crippen LogP contribution in [-0.2, 0) is 4.74 Å². The summed E-state index contributed by atoms with van der Waals surface area (Å²) < 4.78 is 5.99. The van der Waals surface area contributed by atoms with E-state index in [4.69, 9.17) is 10.5 Å². The number of unbranched alkanes of at least 4 members (excludes halogenated alkanes) is 1. The number of nitrogens with one attached hydrogen (secondary N) is 1. The van der Waals surface area contributed by atoms with Gasteiger partial charge in [0.1, 0.15) is 11.3 Å². The van der Waals surface area contributed by atoms with Gasteiger partial charge in [0, 0.05) is 11.3 Å². The quantitative estimate of drug-likeness (QED) is 0.382. The predicted octanol–water partition coefficient (Wildman–Crippen LogP) is 4.53. The van der Waals surface area contributed by atoms with E-state index in [1.165, 1.54) is 0 Å². The number of esters is 1. The molecular formula is C18H18BrN3O2. The van der Waals surface area contributed by atoms with Gasteiger partial charge in [-0.25, -0.2) is 9.78 Å². The van der Waals surface area contributed by atoms with E-state index in [0.29, 0.717) is 17.9 Å². The highest BCUT2D eigenvalue weighted by Gasteiger charge is 2.11. The zero-order valence-corrected chi connectivity index (χ0v) is 14.9. The number of hydrogen-bond donors (Lipinski definition) is 2. The Morgan fingerprint density at radius 3 is 2.71 bits per heavy atom. The van der Waals surface area contributed by atoms with Gasteiger partial charge in [0.15, 0.2) is 0 Å². The maximum Gasteiger partial charge on any atom is 0.338 e. The molecule has 0 amide bonds. The number of H-pyrrole nitrogens is 1. The van der Waals surface area contributed by atoms with Crippen LogP contribution in [0, 0.1) is 0 Å². The lowest BCUT2D eigenvalue weighted by molar-refractivity contribution is 0.0500. The first-order valence-electron chi connectivity index (χ1n) is 7.81. The smallest absolute Gasteiger partial charge is 0.338 e. The van der Waals surface area contributed by atoms with Gasteiger partial charge < -0.3 is 15.5 Å². The van der Waals surface area contributed by atoms with Crippen LogP contribution in [0.5, 0.6) is 0 Å². The molecule has 0 spiro atoms. The van der Waals surface area contributed by atoms with E-state index < -0.39 is 0 Å². The van der Waals surface area contributed by atoms with Crippen molar-refractivity contribution in [3.8, 4) is 11.4 Å². The lowest BCUT2D eigenvalue weighted by atomic mass is 10.1. The third kappa shape index (κ3) is 3.28. The van der Waals surface area contributed by atoms with Gasteiger partial charge in [0.05, 0.1) is 22.2 Å². The Bertz CT molecular complexity index is 872. The van der Waals surface area contributed by atoms with Crippen LogP contribution in [0.1, 0.15) is 30.1 Å². The van der Waals surface area contributed by atoms with Gasteiger partial charge in [0.2, 0.25) is 0 Å². The molecule has 0 aliphatic carbocycles. The van der Waals surface area contributed by atoms with Gasteiger partial charge in [0.25, 0.3) is 0 Å². The summed E-state index contributed by atoms with van der Waals surface area (Å²) in [5.74, 6) is 0.428. The minimum atomic E-state index is -0.296. The second kappa shape index (κ2) is 7.05. The van der Waals surface area contributed by atoms with Gasteiger partial charge in [-0.05, 0) is 46.6 Å². The summed E-state index contributed by atoms with van der Waals surface area (Å²) >= 11 is 3.46. The van der Waals surface area contributed by atoms with E-state index in [-0.39, 0.29) is 5.97 Å². The minimum Gasteiger partial charge on any atom is -0.462 e. The predicted molar refractivity (Wildman–Crippen MR) is 98.8 cm³/mol. The van der Waals surface area contributed by atoms with E-state index in [0.717, 1.165) is 39.7 Å². The Kier molecular flexibility index (Phi) is 4.85. The first-order chi connectivity index (χ1) is 11.6. The maximum absolute atomic E-state index is 11.9. The molecule has 0 aliphatic rings. The van der Waals surface area contributed by atoms with Crippen LogP contribution in [0.4, 0.5) is 5.69 Å². The summed E-state index contributed by atoms with van der Waals surface area (Å²) in [6.07, 6.45) is 1.87. The van der Waals surface area contributed by atoms with Gasteiger partial charge in [-0.2, -0.15) is 0 Å². The Labute approximate surface area is 148 Å². The summed E-state index contributed by atoms with van der Waals surface area (Å²) in [5.41, 5.74) is 9.64. The van der Waals surface area contributed by atoms with Gasteiger partial charge in [-0.15, -0.1) is 0 Å². The van der Waals surface area contributed by atoms with Crippen molar-refractivity contribution < 1.29 is 9.53 Å². The number of benzene rings is 2. The number of nitrogens with zero attached hydrogens (tertiary/aromatic N) is 1. The Morgan fingerprint density at radius 1 is 1.25 bits per heavy atom. The number of aromatic nitrogens is 2. The Balaban J connectivity index is 1.83. The average Bonchev–Trinajstić information content (AvgIpc) is 3.03. The number of fused-ring (bicyclic) bond motifs is 1. The molecule has 1 heterocycles. The summed E-state index contributed by atoms with van der Waals surface area (Å²) in [5, 5.41) is 0. The van der Waals surface area contributed by atoms with Crippen molar-refractivity contribution in [2.75, 3.05) is 12.3 Å². The molecule has 24 heavy (non-hydrogen) atoms. The first-order valence-corrected chi connectivity index (χ1v) is 8.60. The molecular weight excluding hydrogens is 370 g/mol. The third-order valence-electron chi connectivity index (χ3n) is 3.75. The molecule has 6 heteroatoms. The zero-order valence-electron chi connectivity index (χ0n) is 13.3. The van der Waals surface area contributed by atoms with E-state index in [2.05, 4.69) is 32.8 Å². The number of carbonyl (C=O) groups excluding carboxylic acids is 1. The zero-order chi connectivity index (χ0) is 17.1. The van der Waals surface area contributed by atoms with Crippen LogP contribution in [0.3, 0.4) is 0 Å². The second-order valence-electron chi connectivity index (χ2n) is 5.52. The Morgan fingerprint density at radius 2 is 2.00 bits per heavy atom. The number of nitrogen functional groups attached to an aromatic ring is 1. The van der Waals surface area contributed by atoms with Crippen molar-refractivity contribution in [2.24, 2.45) is 0 Å². The van der Waals surface area contributed by atoms with Crippen LogP contribution in [0.25, 0.3) is 22.4 Å². The minimum absolute atomic E-state index is 0.296. The summed E-state index contributed by atoms with van der Waals surface area (Å²) in [7, 11) is 0. The van der Waals surface area contributed by atoms with Crippen molar-refractivity contribution in [3.63, 3.8) is 0 Å². The molecule has 3 aromatic rings. The van der Waals surface area contributed by atoms with Crippen LogP contribution in [0.15, 0.2) is 40.9 Å². The summed E-state index contributed by atoms with van der Waals surface area (Å²) in [4.78, 5) is 19.8. The number of imidazole rings is 1. The third-order valence-corrected chi connectivity index (χ3v) is 4.58. The highest BCUT2D eigenvalue weighted by atomic mass is 79.9. The molecule has 0 saturated heterocycles. The standard InChI is InChI=1S/C18H18BrN3O2/c1-2-3-10-24-18(23)12-6-4-11(5-7-12)17-21-14-9-8-13(20)15(19)16(14)22-17/h4-9H,2-3,10,20H2,1H3,(H,21,22).